The Balaban J connectivity index is 1.11. The number of carbonyl (C=O) groups excluding carboxylic acids is 2. The lowest BCUT2D eigenvalue weighted by molar-refractivity contribution is 0.0944. The second kappa shape index (κ2) is 9.23. The fraction of sp³-hybridized carbons (Fsp3) is 0.333. The zero-order chi connectivity index (χ0) is 22.8. The molecule has 2 aliphatic heterocycles. The number of nitrogens with one attached hydrogen (secondary N) is 2. The van der Waals surface area contributed by atoms with Crippen LogP contribution in [0, 0.1) is 5.92 Å². The molecule has 1 saturated heterocycles. The minimum absolute atomic E-state index is 0.202. The summed E-state index contributed by atoms with van der Waals surface area (Å²) in [7, 11) is 0. The highest BCUT2D eigenvalue weighted by molar-refractivity contribution is 6.35. The quantitative estimate of drug-likeness (QED) is 0.580. The lowest BCUT2D eigenvalue weighted by Crippen LogP contribution is -2.35. The van der Waals surface area contributed by atoms with Crippen LogP contribution in [-0.2, 0) is 6.54 Å². The van der Waals surface area contributed by atoms with Gasteiger partial charge >= 0.3 is 0 Å². The average molecular weight is 465 g/mol. The monoisotopic (exact) mass is 464 g/mol. The summed E-state index contributed by atoms with van der Waals surface area (Å²) in [5.41, 5.74) is 2.92. The molecule has 3 aromatic rings. The summed E-state index contributed by atoms with van der Waals surface area (Å²) in [6.07, 6.45) is 6.80. The van der Waals surface area contributed by atoms with E-state index in [0.717, 1.165) is 37.9 Å². The number of fused-ring (bicyclic) bond motifs is 1. The summed E-state index contributed by atoms with van der Waals surface area (Å²) >= 11 is 6.19. The van der Waals surface area contributed by atoms with Crippen LogP contribution in [0.1, 0.15) is 45.7 Å². The van der Waals surface area contributed by atoms with Gasteiger partial charge < -0.3 is 10.2 Å². The van der Waals surface area contributed by atoms with Crippen molar-refractivity contribution in [1.29, 1.82) is 0 Å². The first-order valence-electron chi connectivity index (χ1n) is 11.2. The Hall–Kier alpha value is -3.39. The number of hydrogen-bond donors (Lipinski definition) is 2. The molecule has 2 amide bonds. The van der Waals surface area contributed by atoms with Crippen LogP contribution in [0.25, 0.3) is 0 Å². The van der Waals surface area contributed by atoms with Gasteiger partial charge in [-0.3, -0.25) is 24.6 Å². The van der Waals surface area contributed by atoms with Crippen molar-refractivity contribution in [3.63, 3.8) is 0 Å². The summed E-state index contributed by atoms with van der Waals surface area (Å²) in [5.74, 6) is 0.587. The maximum atomic E-state index is 12.7. The van der Waals surface area contributed by atoms with E-state index in [-0.39, 0.29) is 11.8 Å². The van der Waals surface area contributed by atoms with Gasteiger partial charge in [-0.05, 0) is 48.9 Å². The van der Waals surface area contributed by atoms with Gasteiger partial charge in [-0.25, -0.2) is 0 Å². The van der Waals surface area contributed by atoms with Crippen LogP contribution >= 0.6 is 11.6 Å². The molecule has 8 nitrogen and oxygen atoms in total. The number of nitrogens with zero attached hydrogens (tertiary/aromatic N) is 4. The van der Waals surface area contributed by atoms with Crippen LogP contribution < -0.4 is 15.1 Å². The molecule has 9 heteroatoms. The molecule has 4 heterocycles. The zero-order valence-corrected chi connectivity index (χ0v) is 18.9. The molecule has 1 aromatic carbocycles. The van der Waals surface area contributed by atoms with E-state index < -0.39 is 0 Å². The third-order valence-corrected chi connectivity index (χ3v) is 6.77. The van der Waals surface area contributed by atoms with Crippen molar-refractivity contribution in [2.45, 2.75) is 25.8 Å². The van der Waals surface area contributed by atoms with Crippen LogP contribution in [0.2, 0.25) is 5.02 Å². The topological polar surface area (TPSA) is 94.2 Å². The van der Waals surface area contributed by atoms with Crippen LogP contribution in [0.4, 0.5) is 11.5 Å². The fourth-order valence-electron chi connectivity index (χ4n) is 4.59. The SMILES string of the molecule is O=C(NCCC1CCN(c2ccncc2)CC1)c1cc(N2Cc3cccc(Cl)c3C2=O)n[nH]1. The summed E-state index contributed by atoms with van der Waals surface area (Å²) in [4.78, 5) is 33.3. The maximum absolute atomic E-state index is 12.7. The van der Waals surface area contributed by atoms with Crippen molar-refractivity contribution >= 4 is 34.9 Å². The van der Waals surface area contributed by atoms with E-state index >= 15 is 0 Å². The van der Waals surface area contributed by atoms with Crippen molar-refractivity contribution in [2.75, 3.05) is 29.4 Å². The highest BCUT2D eigenvalue weighted by atomic mass is 35.5. The van der Waals surface area contributed by atoms with E-state index in [9.17, 15) is 9.59 Å². The number of carbonyl (C=O) groups is 2. The first-order chi connectivity index (χ1) is 16.1. The van der Waals surface area contributed by atoms with E-state index in [2.05, 4.69) is 25.4 Å². The molecule has 0 bridgehead atoms. The van der Waals surface area contributed by atoms with Crippen LogP contribution in [0.3, 0.4) is 0 Å². The van der Waals surface area contributed by atoms with Gasteiger partial charge in [-0.2, -0.15) is 5.10 Å². The normalized spacial score (nSPS) is 16.2. The number of piperidine rings is 1. The molecular formula is C24H25ClN6O2. The number of rotatable bonds is 6. The number of anilines is 2. The third-order valence-electron chi connectivity index (χ3n) is 6.45. The number of pyridine rings is 1. The highest BCUT2D eigenvalue weighted by Gasteiger charge is 2.32. The number of benzene rings is 1. The number of amides is 2. The van der Waals surface area contributed by atoms with Crippen molar-refractivity contribution < 1.29 is 9.59 Å². The maximum Gasteiger partial charge on any atom is 0.269 e. The van der Waals surface area contributed by atoms with Crippen molar-refractivity contribution in [3.05, 3.63) is 70.6 Å². The van der Waals surface area contributed by atoms with Gasteiger partial charge in [0.25, 0.3) is 11.8 Å². The number of aromatic amines is 1. The zero-order valence-electron chi connectivity index (χ0n) is 18.1. The van der Waals surface area contributed by atoms with E-state index in [1.165, 1.54) is 10.6 Å². The fourth-order valence-corrected chi connectivity index (χ4v) is 4.86. The van der Waals surface area contributed by atoms with Gasteiger partial charge in [0.05, 0.1) is 17.1 Å². The predicted octanol–water partition coefficient (Wildman–Crippen LogP) is 3.66. The molecule has 2 N–H and O–H groups in total. The minimum atomic E-state index is -0.217. The lowest BCUT2D eigenvalue weighted by Gasteiger charge is -2.33. The van der Waals surface area contributed by atoms with Crippen molar-refractivity contribution in [1.82, 2.24) is 20.5 Å². The molecule has 2 aliphatic rings. The summed E-state index contributed by atoms with van der Waals surface area (Å²) in [6, 6.07) is 11.1. The van der Waals surface area contributed by atoms with Crippen LogP contribution in [0.5, 0.6) is 0 Å². The number of aromatic nitrogens is 3. The Labute approximate surface area is 196 Å². The highest BCUT2D eigenvalue weighted by Crippen LogP contribution is 2.32. The number of hydrogen-bond acceptors (Lipinski definition) is 5. The summed E-state index contributed by atoms with van der Waals surface area (Å²) < 4.78 is 0. The minimum Gasteiger partial charge on any atom is -0.371 e. The second-order valence-electron chi connectivity index (χ2n) is 8.49. The molecule has 0 saturated carbocycles. The van der Waals surface area contributed by atoms with Crippen molar-refractivity contribution in [2.24, 2.45) is 5.92 Å². The molecular weight excluding hydrogens is 440 g/mol. The molecule has 0 spiro atoms. The molecule has 0 atom stereocenters. The Morgan fingerprint density at radius 3 is 2.73 bits per heavy atom. The molecule has 33 heavy (non-hydrogen) atoms. The molecule has 170 valence electrons. The Morgan fingerprint density at radius 2 is 1.97 bits per heavy atom. The van der Waals surface area contributed by atoms with Gasteiger partial charge in [0.2, 0.25) is 0 Å². The number of halogens is 1. The first kappa shape index (κ1) is 21.5. The van der Waals surface area contributed by atoms with E-state index in [0.29, 0.717) is 41.1 Å². The first-order valence-corrected chi connectivity index (χ1v) is 11.6. The molecule has 0 aliphatic carbocycles. The molecule has 1 fully saturated rings. The molecule has 0 radical (unpaired) electrons. The summed E-state index contributed by atoms with van der Waals surface area (Å²) in [6.45, 7) is 3.03. The summed E-state index contributed by atoms with van der Waals surface area (Å²) in [5, 5.41) is 10.3. The Bertz CT molecular complexity index is 1160. The average Bonchev–Trinajstić information content (AvgIpc) is 3.46. The Morgan fingerprint density at radius 1 is 1.18 bits per heavy atom. The van der Waals surface area contributed by atoms with E-state index in [1.807, 2.05) is 36.7 Å². The predicted molar refractivity (Wildman–Crippen MR) is 127 cm³/mol. The second-order valence-corrected chi connectivity index (χ2v) is 8.89. The van der Waals surface area contributed by atoms with Crippen LogP contribution in [0.15, 0.2) is 48.8 Å². The molecule has 0 unspecified atom stereocenters. The van der Waals surface area contributed by atoms with E-state index in [1.54, 1.807) is 12.1 Å². The molecule has 2 aromatic heterocycles. The smallest absolute Gasteiger partial charge is 0.269 e. The van der Waals surface area contributed by atoms with Gasteiger partial charge in [-0.1, -0.05) is 23.7 Å². The van der Waals surface area contributed by atoms with Gasteiger partial charge in [0.15, 0.2) is 5.82 Å². The van der Waals surface area contributed by atoms with E-state index in [4.69, 9.17) is 11.6 Å². The largest absolute Gasteiger partial charge is 0.371 e. The van der Waals surface area contributed by atoms with Gasteiger partial charge in [0, 0.05) is 43.8 Å². The van der Waals surface area contributed by atoms with Gasteiger partial charge in [-0.15, -0.1) is 0 Å². The standard InChI is InChI=1S/C24H25ClN6O2/c25-19-3-1-2-17-15-31(24(33)22(17)19)21-14-20(28-29-21)23(32)27-11-4-16-7-12-30(13-8-16)18-5-9-26-10-6-18/h1-3,5-6,9-10,14,16H,4,7-8,11-13,15H2,(H,27,32)(H,28,29). The Kier molecular flexibility index (Phi) is 6.00. The number of H-pyrrole nitrogens is 1. The van der Waals surface area contributed by atoms with Crippen LogP contribution in [-0.4, -0.2) is 46.6 Å². The third kappa shape index (κ3) is 4.43. The van der Waals surface area contributed by atoms with Gasteiger partial charge in [0.1, 0.15) is 5.69 Å². The molecule has 5 rings (SSSR count). The van der Waals surface area contributed by atoms with Crippen molar-refractivity contribution in [3.8, 4) is 0 Å². The lowest BCUT2D eigenvalue weighted by atomic mass is 9.93.